The Morgan fingerprint density at radius 1 is 0.842 bits per heavy atom. The predicted octanol–water partition coefficient (Wildman–Crippen LogP) is 3.62. The minimum absolute atomic E-state index is 0.346. The van der Waals surface area contributed by atoms with Gasteiger partial charge in [0.2, 0.25) is 0 Å². The van der Waals surface area contributed by atoms with Crippen molar-refractivity contribution in [1.82, 2.24) is 0 Å². The van der Waals surface area contributed by atoms with Crippen LogP contribution in [0.3, 0.4) is 0 Å². The van der Waals surface area contributed by atoms with Crippen LogP contribution < -0.4 is 0 Å². The van der Waals surface area contributed by atoms with Crippen molar-refractivity contribution in [2.45, 2.75) is 0 Å². The Hall–Kier alpha value is -2.48. The second-order valence-electron chi connectivity index (χ2n) is 3.37. The smallest absolute Gasteiger partial charge is 0.167 e. The van der Waals surface area contributed by atoms with E-state index in [2.05, 4.69) is 5.92 Å². The largest absolute Gasteiger partial charge is 0.505 e. The number of phenolic OH excluding ortho intramolecular Hbond substituents is 1. The van der Waals surface area contributed by atoms with Gasteiger partial charge in [0.25, 0.3) is 0 Å². The number of hydrogen-bond donors (Lipinski definition) is 1. The molecule has 0 fully saturated rings. The van der Waals surface area contributed by atoms with Crippen molar-refractivity contribution in [3.63, 3.8) is 0 Å². The standard InChI is InChI=1S/C8H4F2.C6H4F2O/c1-2-6-3-4-7(9)8(10)5-6;7-4-1-2-6(9)5(8)3-4/h1,3-5H;1-3,9H. The van der Waals surface area contributed by atoms with Crippen LogP contribution >= 0.6 is 0 Å². The zero-order valence-corrected chi connectivity index (χ0v) is 9.50. The monoisotopic (exact) mass is 268 g/mol. The molecule has 2 rings (SSSR count). The van der Waals surface area contributed by atoms with Crippen molar-refractivity contribution in [2.24, 2.45) is 0 Å². The van der Waals surface area contributed by atoms with Crippen LogP contribution in [-0.4, -0.2) is 5.11 Å². The molecule has 98 valence electrons. The molecule has 2 aromatic rings. The average molecular weight is 268 g/mol. The Morgan fingerprint density at radius 2 is 1.53 bits per heavy atom. The Bertz CT molecular complexity index is 617. The maximum atomic E-state index is 12.3. The Balaban J connectivity index is 0.000000191. The van der Waals surface area contributed by atoms with Crippen molar-refractivity contribution in [2.75, 3.05) is 0 Å². The van der Waals surface area contributed by atoms with E-state index in [9.17, 15) is 17.6 Å². The number of halogens is 4. The van der Waals surface area contributed by atoms with Crippen LogP contribution in [0.25, 0.3) is 0 Å². The van der Waals surface area contributed by atoms with Gasteiger partial charge in [0.1, 0.15) is 5.82 Å². The van der Waals surface area contributed by atoms with Crippen molar-refractivity contribution < 1.29 is 22.7 Å². The van der Waals surface area contributed by atoms with Gasteiger partial charge in [0, 0.05) is 11.6 Å². The van der Waals surface area contributed by atoms with E-state index in [1.165, 1.54) is 6.07 Å². The maximum absolute atomic E-state index is 12.3. The molecule has 0 saturated carbocycles. The fourth-order valence-electron chi connectivity index (χ4n) is 1.07. The molecule has 2 aromatic carbocycles. The summed E-state index contributed by atoms with van der Waals surface area (Å²) in [5, 5.41) is 8.50. The van der Waals surface area contributed by atoms with Gasteiger partial charge in [0.05, 0.1) is 0 Å². The van der Waals surface area contributed by atoms with E-state index in [0.29, 0.717) is 11.6 Å². The highest BCUT2D eigenvalue weighted by atomic mass is 19.2. The van der Waals surface area contributed by atoms with Crippen LogP contribution in [0, 0.1) is 35.6 Å². The molecule has 19 heavy (non-hydrogen) atoms. The van der Waals surface area contributed by atoms with Gasteiger partial charge in [-0.05, 0) is 30.3 Å². The average Bonchev–Trinajstić information content (AvgIpc) is 2.38. The van der Waals surface area contributed by atoms with Crippen LogP contribution in [0.2, 0.25) is 0 Å². The van der Waals surface area contributed by atoms with E-state index < -0.39 is 29.0 Å². The molecular formula is C14H8F4O. The van der Waals surface area contributed by atoms with Gasteiger partial charge >= 0.3 is 0 Å². The van der Waals surface area contributed by atoms with Crippen molar-refractivity contribution in [1.29, 1.82) is 0 Å². The molecule has 0 aliphatic heterocycles. The maximum Gasteiger partial charge on any atom is 0.167 e. The molecule has 1 nitrogen and oxygen atoms in total. The van der Waals surface area contributed by atoms with E-state index in [4.69, 9.17) is 11.5 Å². The minimum atomic E-state index is -0.935. The van der Waals surface area contributed by atoms with E-state index in [1.54, 1.807) is 0 Å². The van der Waals surface area contributed by atoms with Crippen LogP contribution in [0.5, 0.6) is 5.75 Å². The normalized spacial score (nSPS) is 9.21. The number of aromatic hydroxyl groups is 1. The highest BCUT2D eigenvalue weighted by Crippen LogP contribution is 2.14. The molecule has 0 atom stereocenters. The SMILES string of the molecule is C#Cc1ccc(F)c(F)c1.Oc1ccc(F)cc1F. The first kappa shape index (κ1) is 14.6. The fraction of sp³-hybridized carbons (Fsp3) is 0. The summed E-state index contributed by atoms with van der Waals surface area (Å²) in [5.74, 6) is -1.75. The lowest BCUT2D eigenvalue weighted by atomic mass is 10.2. The topological polar surface area (TPSA) is 20.2 Å². The molecule has 0 bridgehead atoms. The quantitative estimate of drug-likeness (QED) is 0.571. The molecular weight excluding hydrogens is 260 g/mol. The van der Waals surface area contributed by atoms with Gasteiger partial charge in [-0.3, -0.25) is 0 Å². The Labute approximate surface area is 107 Å². The van der Waals surface area contributed by atoms with Crippen LogP contribution in [0.15, 0.2) is 36.4 Å². The highest BCUT2D eigenvalue weighted by Gasteiger charge is 1.99. The molecule has 0 aromatic heterocycles. The summed E-state index contributed by atoms with van der Waals surface area (Å²) in [5.41, 5.74) is 0.346. The lowest BCUT2D eigenvalue weighted by Crippen LogP contribution is -1.83. The summed E-state index contributed by atoms with van der Waals surface area (Å²) in [4.78, 5) is 0. The predicted molar refractivity (Wildman–Crippen MR) is 62.3 cm³/mol. The zero-order valence-electron chi connectivity index (χ0n) is 9.50. The summed E-state index contributed by atoms with van der Waals surface area (Å²) >= 11 is 0. The molecule has 0 aliphatic carbocycles. The third-order valence-electron chi connectivity index (χ3n) is 2.00. The number of terminal acetylenes is 1. The second-order valence-corrected chi connectivity index (χ2v) is 3.37. The molecule has 0 amide bonds. The summed E-state index contributed by atoms with van der Waals surface area (Å²) < 4.78 is 48.6. The van der Waals surface area contributed by atoms with E-state index in [-0.39, 0.29) is 0 Å². The zero-order chi connectivity index (χ0) is 14.4. The van der Waals surface area contributed by atoms with E-state index in [0.717, 1.165) is 24.3 Å². The third-order valence-corrected chi connectivity index (χ3v) is 2.00. The molecule has 5 heteroatoms. The number of rotatable bonds is 0. The molecule has 0 heterocycles. The van der Waals surface area contributed by atoms with E-state index >= 15 is 0 Å². The van der Waals surface area contributed by atoms with Crippen molar-refractivity contribution in [3.8, 4) is 18.1 Å². The van der Waals surface area contributed by atoms with Crippen LogP contribution in [-0.2, 0) is 0 Å². The summed E-state index contributed by atoms with van der Waals surface area (Å²) in [6.07, 6.45) is 4.93. The first-order valence-corrected chi connectivity index (χ1v) is 4.99. The molecule has 1 N–H and O–H groups in total. The number of hydrogen-bond acceptors (Lipinski definition) is 1. The molecule has 0 saturated heterocycles. The van der Waals surface area contributed by atoms with Gasteiger partial charge < -0.3 is 5.11 Å². The van der Waals surface area contributed by atoms with E-state index in [1.807, 2.05) is 0 Å². The lowest BCUT2D eigenvalue weighted by Gasteiger charge is -1.91. The van der Waals surface area contributed by atoms with Crippen LogP contribution in [0.4, 0.5) is 17.6 Å². The summed E-state index contributed by atoms with van der Waals surface area (Å²) in [7, 11) is 0. The Morgan fingerprint density at radius 3 is 2.00 bits per heavy atom. The molecule has 0 unspecified atom stereocenters. The minimum Gasteiger partial charge on any atom is -0.505 e. The first-order valence-electron chi connectivity index (χ1n) is 4.99. The molecule has 0 spiro atoms. The number of benzene rings is 2. The van der Waals surface area contributed by atoms with Gasteiger partial charge in [-0.15, -0.1) is 6.42 Å². The van der Waals surface area contributed by atoms with Gasteiger partial charge in [-0.1, -0.05) is 5.92 Å². The number of phenols is 1. The van der Waals surface area contributed by atoms with Gasteiger partial charge in [-0.25, -0.2) is 17.6 Å². The summed E-state index contributed by atoms with van der Waals surface area (Å²) in [6.45, 7) is 0. The van der Waals surface area contributed by atoms with Gasteiger partial charge in [0.15, 0.2) is 23.2 Å². The Kier molecular flexibility index (Phi) is 4.95. The first-order chi connectivity index (χ1) is 8.93. The third kappa shape index (κ3) is 4.36. The molecule has 0 aliphatic rings. The lowest BCUT2D eigenvalue weighted by molar-refractivity contribution is 0.428. The fourth-order valence-corrected chi connectivity index (χ4v) is 1.07. The molecule has 0 radical (unpaired) electrons. The van der Waals surface area contributed by atoms with Gasteiger partial charge in [-0.2, -0.15) is 0 Å². The second kappa shape index (κ2) is 6.45. The summed E-state index contributed by atoms with van der Waals surface area (Å²) in [6, 6.07) is 5.90. The van der Waals surface area contributed by atoms with Crippen LogP contribution in [0.1, 0.15) is 5.56 Å². The highest BCUT2D eigenvalue weighted by molar-refractivity contribution is 5.32. The van der Waals surface area contributed by atoms with Crippen molar-refractivity contribution in [3.05, 3.63) is 65.2 Å². The van der Waals surface area contributed by atoms with Crippen molar-refractivity contribution >= 4 is 0 Å².